The predicted molar refractivity (Wildman–Crippen MR) is 99.4 cm³/mol. The molecule has 0 atom stereocenters. The zero-order chi connectivity index (χ0) is 18.2. The van der Waals surface area contributed by atoms with Crippen LogP contribution in [0.15, 0.2) is 30.3 Å². The maximum Gasteiger partial charge on any atom is 0.274 e. The molecule has 1 amide bonds. The van der Waals surface area contributed by atoms with Crippen molar-refractivity contribution in [1.82, 2.24) is 14.9 Å². The summed E-state index contributed by atoms with van der Waals surface area (Å²) in [5, 5.41) is 6.07. The molecule has 1 heterocycles. The molecule has 0 saturated carbocycles. The molecule has 2 N–H and O–H groups in total. The molecule has 0 unspecified atom stereocenters. The summed E-state index contributed by atoms with van der Waals surface area (Å²) in [6.45, 7) is 3.55. The summed E-state index contributed by atoms with van der Waals surface area (Å²) in [4.78, 5) is 23.1. The Morgan fingerprint density at radius 1 is 1.20 bits per heavy atom. The molecule has 0 bridgehead atoms. The first kappa shape index (κ1) is 18.7. The number of carbonyl (C=O) groups is 1. The second-order valence-corrected chi connectivity index (χ2v) is 5.95. The van der Waals surface area contributed by atoms with E-state index < -0.39 is 0 Å². The van der Waals surface area contributed by atoms with E-state index in [0.717, 1.165) is 25.3 Å². The number of amides is 1. The van der Waals surface area contributed by atoms with Gasteiger partial charge in [0.25, 0.3) is 5.91 Å². The van der Waals surface area contributed by atoms with Gasteiger partial charge in [0.15, 0.2) is 0 Å². The Morgan fingerprint density at radius 3 is 2.56 bits per heavy atom. The molecule has 0 aliphatic carbocycles. The van der Waals surface area contributed by atoms with Crippen molar-refractivity contribution in [3.05, 3.63) is 41.9 Å². The third kappa shape index (κ3) is 6.04. The predicted octanol–water partition coefficient (Wildman–Crippen LogP) is 2.41. The first-order valence-corrected chi connectivity index (χ1v) is 8.17. The van der Waals surface area contributed by atoms with Crippen molar-refractivity contribution < 1.29 is 9.53 Å². The summed E-state index contributed by atoms with van der Waals surface area (Å²) < 4.78 is 5.11. The van der Waals surface area contributed by atoms with Crippen LogP contribution in [0.25, 0.3) is 0 Å². The van der Waals surface area contributed by atoms with E-state index in [-0.39, 0.29) is 5.91 Å². The van der Waals surface area contributed by atoms with Crippen molar-refractivity contribution in [2.75, 3.05) is 44.9 Å². The fourth-order valence-corrected chi connectivity index (χ4v) is 2.26. The van der Waals surface area contributed by atoms with Crippen LogP contribution in [0.4, 0.5) is 11.5 Å². The van der Waals surface area contributed by atoms with Gasteiger partial charge in [0, 0.05) is 18.3 Å². The molecule has 2 aromatic rings. The van der Waals surface area contributed by atoms with Crippen molar-refractivity contribution in [2.24, 2.45) is 0 Å². The average Bonchev–Trinajstić information content (AvgIpc) is 2.59. The van der Waals surface area contributed by atoms with E-state index in [0.29, 0.717) is 23.0 Å². The smallest absolute Gasteiger partial charge is 0.274 e. The summed E-state index contributed by atoms with van der Waals surface area (Å²) in [6, 6.07) is 8.81. The van der Waals surface area contributed by atoms with Gasteiger partial charge in [-0.3, -0.25) is 4.79 Å². The lowest BCUT2D eigenvalue weighted by Crippen LogP contribution is -2.18. The summed E-state index contributed by atoms with van der Waals surface area (Å²) in [5.41, 5.74) is 1.01. The quantitative estimate of drug-likeness (QED) is 0.717. The van der Waals surface area contributed by atoms with Gasteiger partial charge in [0.2, 0.25) is 0 Å². The van der Waals surface area contributed by atoms with E-state index in [9.17, 15) is 4.79 Å². The average molecular weight is 343 g/mol. The van der Waals surface area contributed by atoms with E-state index in [1.807, 2.05) is 14.1 Å². The Morgan fingerprint density at radius 2 is 1.92 bits per heavy atom. The van der Waals surface area contributed by atoms with Crippen molar-refractivity contribution in [3.63, 3.8) is 0 Å². The normalized spacial score (nSPS) is 10.6. The van der Waals surface area contributed by atoms with Crippen LogP contribution in [0.2, 0.25) is 0 Å². The molecule has 0 aliphatic rings. The molecule has 0 aliphatic heterocycles. The van der Waals surface area contributed by atoms with Crippen LogP contribution in [0.1, 0.15) is 22.7 Å². The summed E-state index contributed by atoms with van der Waals surface area (Å²) in [7, 11) is 5.68. The van der Waals surface area contributed by atoms with Crippen molar-refractivity contribution >= 4 is 17.4 Å². The van der Waals surface area contributed by atoms with Gasteiger partial charge in [-0.2, -0.15) is 0 Å². The number of benzene rings is 1. The number of ether oxygens (including phenoxy) is 1. The summed E-state index contributed by atoms with van der Waals surface area (Å²) in [5.74, 6) is 1.68. The van der Waals surface area contributed by atoms with Gasteiger partial charge >= 0.3 is 0 Å². The molecule has 7 nitrogen and oxygen atoms in total. The first-order chi connectivity index (χ1) is 12.0. The number of aromatic nitrogens is 2. The number of aryl methyl sites for hydroxylation is 1. The molecule has 25 heavy (non-hydrogen) atoms. The largest absolute Gasteiger partial charge is 0.497 e. The van der Waals surface area contributed by atoms with E-state index in [1.165, 1.54) is 0 Å². The van der Waals surface area contributed by atoms with Crippen molar-refractivity contribution in [1.29, 1.82) is 0 Å². The number of nitrogens with one attached hydrogen (secondary N) is 2. The van der Waals surface area contributed by atoms with Crippen LogP contribution in [0, 0.1) is 6.92 Å². The topological polar surface area (TPSA) is 79.4 Å². The van der Waals surface area contributed by atoms with Gasteiger partial charge in [-0.15, -0.1) is 0 Å². The molecule has 0 spiro atoms. The minimum Gasteiger partial charge on any atom is -0.497 e. The van der Waals surface area contributed by atoms with Gasteiger partial charge in [0.1, 0.15) is 23.1 Å². The maximum atomic E-state index is 12.4. The standard InChI is InChI=1S/C18H25N5O2/c1-13-20-16(12-17(21-13)19-10-5-11-23(2)3)18(24)22-14-6-8-15(25-4)9-7-14/h6-9,12H,5,10-11H2,1-4H3,(H,22,24)(H,19,20,21). The SMILES string of the molecule is COc1ccc(NC(=O)c2cc(NCCCN(C)C)nc(C)n2)cc1. The van der Waals surface area contributed by atoms with E-state index in [4.69, 9.17) is 4.74 Å². The monoisotopic (exact) mass is 343 g/mol. The fourth-order valence-electron chi connectivity index (χ4n) is 2.26. The highest BCUT2D eigenvalue weighted by Gasteiger charge is 2.11. The van der Waals surface area contributed by atoms with E-state index >= 15 is 0 Å². The van der Waals surface area contributed by atoms with Gasteiger partial charge in [0.05, 0.1) is 7.11 Å². The molecular weight excluding hydrogens is 318 g/mol. The van der Waals surface area contributed by atoms with Crippen LogP contribution in [-0.4, -0.2) is 55.1 Å². The lowest BCUT2D eigenvalue weighted by molar-refractivity contribution is 0.102. The zero-order valence-corrected chi connectivity index (χ0v) is 15.2. The Kier molecular flexibility index (Phi) is 6.71. The van der Waals surface area contributed by atoms with Crippen LogP contribution < -0.4 is 15.4 Å². The molecule has 1 aromatic carbocycles. The van der Waals surface area contributed by atoms with Crippen LogP contribution in [0.3, 0.4) is 0 Å². The second kappa shape index (κ2) is 8.98. The Balaban J connectivity index is 2.00. The van der Waals surface area contributed by atoms with Gasteiger partial charge in [-0.05, 0) is 58.3 Å². The maximum absolute atomic E-state index is 12.4. The lowest BCUT2D eigenvalue weighted by Gasteiger charge is -2.11. The molecular formula is C18H25N5O2. The molecule has 0 radical (unpaired) electrons. The van der Waals surface area contributed by atoms with Gasteiger partial charge < -0.3 is 20.3 Å². The number of nitrogens with zero attached hydrogens (tertiary/aromatic N) is 3. The highest BCUT2D eigenvalue weighted by atomic mass is 16.5. The number of anilines is 2. The second-order valence-electron chi connectivity index (χ2n) is 5.95. The van der Waals surface area contributed by atoms with E-state index in [1.54, 1.807) is 44.4 Å². The highest BCUT2D eigenvalue weighted by molar-refractivity contribution is 6.03. The third-order valence-electron chi connectivity index (χ3n) is 3.51. The minimum atomic E-state index is -0.271. The highest BCUT2D eigenvalue weighted by Crippen LogP contribution is 2.16. The number of methoxy groups -OCH3 is 1. The molecule has 134 valence electrons. The minimum absolute atomic E-state index is 0.271. The Labute approximate surface area is 148 Å². The Hall–Kier alpha value is -2.67. The van der Waals surface area contributed by atoms with Crippen molar-refractivity contribution in [3.8, 4) is 5.75 Å². The number of carbonyl (C=O) groups excluding carboxylic acids is 1. The van der Waals surface area contributed by atoms with Gasteiger partial charge in [-0.1, -0.05) is 0 Å². The fraction of sp³-hybridized carbons (Fsp3) is 0.389. The molecule has 0 saturated heterocycles. The zero-order valence-electron chi connectivity index (χ0n) is 15.2. The van der Waals surface area contributed by atoms with Crippen LogP contribution >= 0.6 is 0 Å². The molecule has 7 heteroatoms. The van der Waals surface area contributed by atoms with E-state index in [2.05, 4.69) is 25.5 Å². The van der Waals surface area contributed by atoms with Crippen LogP contribution in [-0.2, 0) is 0 Å². The number of rotatable bonds is 8. The molecule has 1 aromatic heterocycles. The summed E-state index contributed by atoms with van der Waals surface area (Å²) >= 11 is 0. The Bertz CT molecular complexity index is 701. The summed E-state index contributed by atoms with van der Waals surface area (Å²) in [6.07, 6.45) is 0.990. The number of hydrogen-bond donors (Lipinski definition) is 2. The first-order valence-electron chi connectivity index (χ1n) is 8.17. The van der Waals surface area contributed by atoms with Gasteiger partial charge in [-0.25, -0.2) is 9.97 Å². The van der Waals surface area contributed by atoms with Crippen molar-refractivity contribution in [2.45, 2.75) is 13.3 Å². The third-order valence-corrected chi connectivity index (χ3v) is 3.51. The lowest BCUT2D eigenvalue weighted by atomic mass is 10.3. The van der Waals surface area contributed by atoms with Crippen LogP contribution in [0.5, 0.6) is 5.75 Å². The molecule has 0 fully saturated rings. The molecule has 2 rings (SSSR count). The number of hydrogen-bond acceptors (Lipinski definition) is 6.